The zero-order chi connectivity index (χ0) is 26.4. The summed E-state index contributed by atoms with van der Waals surface area (Å²) in [6, 6.07) is 6.40. The molecular weight excluding hydrogens is 532 g/mol. The van der Waals surface area contributed by atoms with E-state index in [2.05, 4.69) is 44.9 Å². The summed E-state index contributed by atoms with van der Waals surface area (Å²) < 4.78 is 5.15. The van der Waals surface area contributed by atoms with Gasteiger partial charge in [0, 0.05) is 40.9 Å². The predicted octanol–water partition coefficient (Wildman–Crippen LogP) is 6.39. The highest BCUT2D eigenvalue weighted by molar-refractivity contribution is 9.09. The van der Waals surface area contributed by atoms with Crippen molar-refractivity contribution < 1.29 is 14.8 Å². The number of benzene rings is 1. The Balaban J connectivity index is 0.000000658. The molecule has 0 radical (unpaired) electrons. The van der Waals surface area contributed by atoms with E-state index in [4.69, 9.17) is 4.74 Å². The quantitative estimate of drug-likeness (QED) is 0.107. The number of hydrazone groups is 1. The lowest BCUT2D eigenvalue weighted by Crippen LogP contribution is -2.31. The number of aliphatic hydroxyl groups excluding tert-OH is 1. The van der Waals surface area contributed by atoms with E-state index in [1.54, 1.807) is 31.4 Å². The van der Waals surface area contributed by atoms with Gasteiger partial charge in [0.05, 0.1) is 28.5 Å². The Kier molecular flexibility index (Phi) is 13.3. The average Bonchev–Trinajstić information content (AvgIpc) is 3.31. The zero-order valence-corrected chi connectivity index (χ0v) is 23.1. The molecule has 190 valence electrons. The van der Waals surface area contributed by atoms with Gasteiger partial charge in [-0.2, -0.15) is 5.10 Å². The number of methoxy groups -OCH3 is 1. The number of nitrogens with zero attached hydrogens (tertiary/aromatic N) is 3. The second kappa shape index (κ2) is 15.4. The van der Waals surface area contributed by atoms with Crippen molar-refractivity contribution in [1.82, 2.24) is 4.98 Å². The summed E-state index contributed by atoms with van der Waals surface area (Å²) in [7, 11) is 1.72. The summed E-state index contributed by atoms with van der Waals surface area (Å²) in [5, 5.41) is 27.2. The summed E-state index contributed by atoms with van der Waals surface area (Å²) in [5.74, 6) is 0. The van der Waals surface area contributed by atoms with Gasteiger partial charge in [0.1, 0.15) is 0 Å². The first-order chi connectivity index (χ1) is 16.6. The molecule has 0 saturated heterocycles. The van der Waals surface area contributed by atoms with Gasteiger partial charge in [0.25, 0.3) is 5.69 Å². The molecule has 1 aromatic heterocycles. The smallest absolute Gasteiger partial charge is 0.272 e. The molecule has 0 amide bonds. The highest BCUT2D eigenvalue weighted by atomic mass is 79.9. The number of para-hydroxylation sites is 1. The van der Waals surface area contributed by atoms with Gasteiger partial charge in [-0.15, -0.1) is 11.3 Å². The zero-order valence-electron chi connectivity index (χ0n) is 20.7. The molecule has 35 heavy (non-hydrogen) atoms. The summed E-state index contributed by atoms with van der Waals surface area (Å²) in [6.07, 6.45) is 7.56. The SMILES string of the molecule is C=C/C=C(\C=C/C)c1csc(N/N=C(\CO)Cc2ccccc2[N+](=O)[O-])n1.COC(C)(C)C(C)Br. The van der Waals surface area contributed by atoms with Crippen molar-refractivity contribution in [2.75, 3.05) is 19.1 Å². The highest BCUT2D eigenvalue weighted by Crippen LogP contribution is 2.23. The highest BCUT2D eigenvalue weighted by Gasteiger charge is 2.21. The van der Waals surface area contributed by atoms with E-state index in [1.165, 1.54) is 17.4 Å². The fourth-order valence-corrected chi connectivity index (χ4v) is 3.32. The predicted molar refractivity (Wildman–Crippen MR) is 150 cm³/mol. The van der Waals surface area contributed by atoms with Crippen molar-refractivity contribution in [3.8, 4) is 0 Å². The van der Waals surface area contributed by atoms with Crippen LogP contribution in [0.3, 0.4) is 0 Å². The van der Waals surface area contributed by atoms with Crippen LogP contribution in [0.1, 0.15) is 39.0 Å². The molecule has 0 spiro atoms. The Bertz CT molecular complexity index is 1060. The number of allylic oxidation sites excluding steroid dienone is 5. The molecule has 0 bridgehead atoms. The molecule has 0 saturated carbocycles. The minimum atomic E-state index is -0.445. The van der Waals surface area contributed by atoms with Gasteiger partial charge in [-0.3, -0.25) is 15.5 Å². The van der Waals surface area contributed by atoms with Gasteiger partial charge >= 0.3 is 0 Å². The number of aromatic nitrogens is 1. The van der Waals surface area contributed by atoms with Crippen LogP contribution in [0.4, 0.5) is 10.8 Å². The minimum Gasteiger partial charge on any atom is -0.390 e. The number of hydrogen-bond acceptors (Lipinski definition) is 8. The van der Waals surface area contributed by atoms with Crippen molar-refractivity contribution in [2.24, 2.45) is 5.10 Å². The lowest BCUT2D eigenvalue weighted by atomic mass is 10.1. The topological polar surface area (TPSA) is 110 Å². The number of rotatable bonds is 11. The first kappa shape index (κ1) is 30.4. The molecule has 10 heteroatoms. The summed E-state index contributed by atoms with van der Waals surface area (Å²) >= 11 is 4.80. The summed E-state index contributed by atoms with van der Waals surface area (Å²) in [5.41, 5.74) is 5.33. The number of thiazole rings is 1. The molecule has 1 aromatic carbocycles. The average molecular weight is 566 g/mol. The Morgan fingerprint density at radius 3 is 2.66 bits per heavy atom. The van der Waals surface area contributed by atoms with Gasteiger partial charge in [-0.05, 0) is 27.7 Å². The molecule has 0 aliphatic rings. The maximum absolute atomic E-state index is 11.1. The third-order valence-electron chi connectivity index (χ3n) is 5.00. The molecule has 2 aromatic rings. The maximum Gasteiger partial charge on any atom is 0.272 e. The minimum absolute atomic E-state index is 0.000687. The Morgan fingerprint density at radius 2 is 2.14 bits per heavy atom. The van der Waals surface area contributed by atoms with E-state index in [0.29, 0.717) is 21.2 Å². The number of aliphatic hydroxyl groups is 1. The number of hydrogen-bond donors (Lipinski definition) is 2. The van der Waals surface area contributed by atoms with E-state index < -0.39 is 4.92 Å². The monoisotopic (exact) mass is 564 g/mol. The van der Waals surface area contributed by atoms with Gasteiger partial charge in [0.2, 0.25) is 5.13 Å². The van der Waals surface area contributed by atoms with Crippen LogP contribution in [-0.4, -0.2) is 44.9 Å². The van der Waals surface area contributed by atoms with E-state index in [-0.39, 0.29) is 24.3 Å². The van der Waals surface area contributed by atoms with Crippen LogP contribution in [0, 0.1) is 10.1 Å². The first-order valence-electron chi connectivity index (χ1n) is 10.8. The lowest BCUT2D eigenvalue weighted by Gasteiger charge is -2.25. The van der Waals surface area contributed by atoms with Gasteiger partial charge in [0.15, 0.2) is 0 Å². The van der Waals surface area contributed by atoms with Crippen LogP contribution in [-0.2, 0) is 11.2 Å². The molecule has 0 fully saturated rings. The normalized spacial score (nSPS) is 13.2. The van der Waals surface area contributed by atoms with Crippen molar-refractivity contribution >= 4 is 49.4 Å². The number of halogens is 1. The van der Waals surface area contributed by atoms with Crippen molar-refractivity contribution in [3.63, 3.8) is 0 Å². The standard InChI is InChI=1S/C19H20N4O3S.C6H13BrO/c1-3-7-14(8-4-2)17-13-27-19(20-17)22-21-16(12-24)11-15-9-5-6-10-18(15)23(25)26;1-5(7)6(2,3)8-4/h3-10,13,24H,1,11-12H2,2H3,(H,20,22);5H,1-4H3/b8-4-,14-7+,21-16-;. The van der Waals surface area contributed by atoms with Crippen LogP contribution in [0.25, 0.3) is 5.57 Å². The van der Waals surface area contributed by atoms with Gasteiger partial charge in [-0.1, -0.05) is 65.0 Å². The van der Waals surface area contributed by atoms with Crippen LogP contribution < -0.4 is 5.43 Å². The van der Waals surface area contributed by atoms with Gasteiger partial charge < -0.3 is 9.84 Å². The molecule has 1 heterocycles. The molecule has 2 N–H and O–H groups in total. The molecular formula is C25H33BrN4O4S. The van der Waals surface area contributed by atoms with E-state index in [9.17, 15) is 15.2 Å². The molecule has 0 aliphatic carbocycles. The Morgan fingerprint density at radius 1 is 1.46 bits per heavy atom. The number of nitro benzene ring substituents is 1. The van der Waals surface area contributed by atoms with Crippen LogP contribution in [0.2, 0.25) is 0 Å². The molecule has 0 aliphatic heterocycles. The third-order valence-corrected chi connectivity index (χ3v) is 6.85. The van der Waals surface area contributed by atoms with Crippen molar-refractivity contribution in [3.05, 3.63) is 81.9 Å². The second-order valence-corrected chi connectivity index (χ2v) is 10.1. The fourth-order valence-electron chi connectivity index (χ4n) is 2.47. The number of anilines is 1. The van der Waals surface area contributed by atoms with Crippen molar-refractivity contribution in [2.45, 2.75) is 44.5 Å². The van der Waals surface area contributed by atoms with Crippen LogP contribution >= 0.6 is 27.3 Å². The number of ether oxygens (including phenoxy) is 1. The molecule has 1 unspecified atom stereocenters. The van der Waals surface area contributed by atoms with Crippen molar-refractivity contribution in [1.29, 1.82) is 0 Å². The van der Waals surface area contributed by atoms with E-state index in [0.717, 1.165) is 11.3 Å². The largest absolute Gasteiger partial charge is 0.390 e. The number of nitrogens with one attached hydrogen (secondary N) is 1. The summed E-state index contributed by atoms with van der Waals surface area (Å²) in [6.45, 7) is 11.5. The van der Waals surface area contributed by atoms with E-state index in [1.807, 2.05) is 44.4 Å². The Hall–Kier alpha value is -2.66. The van der Waals surface area contributed by atoms with E-state index >= 15 is 0 Å². The third kappa shape index (κ3) is 10.2. The fraction of sp³-hybridized carbons (Fsp3) is 0.360. The van der Waals surface area contributed by atoms with Gasteiger partial charge in [-0.25, -0.2) is 4.98 Å². The first-order valence-corrected chi connectivity index (χ1v) is 12.6. The number of alkyl halides is 1. The Labute approximate surface area is 219 Å². The van der Waals surface area contributed by atoms with Crippen LogP contribution in [0.5, 0.6) is 0 Å². The second-order valence-electron chi connectivity index (χ2n) is 7.83. The number of nitro groups is 1. The molecule has 8 nitrogen and oxygen atoms in total. The lowest BCUT2D eigenvalue weighted by molar-refractivity contribution is -0.385. The summed E-state index contributed by atoms with van der Waals surface area (Å²) in [4.78, 5) is 15.5. The van der Waals surface area contributed by atoms with Crippen LogP contribution in [0.15, 0.2) is 65.6 Å². The molecule has 2 rings (SSSR count). The molecule has 1 atom stereocenters. The maximum atomic E-state index is 11.1.